The highest BCUT2D eigenvalue weighted by molar-refractivity contribution is 8.00. The fourth-order valence-corrected chi connectivity index (χ4v) is 7.33. The fraction of sp³-hybridized carbons (Fsp3) is 0.483. The highest BCUT2D eigenvalue weighted by Crippen LogP contribution is 2.51. The summed E-state index contributed by atoms with van der Waals surface area (Å²) in [6.45, 7) is -1.49. The molecule has 2 aliphatic heterocycles. The topological polar surface area (TPSA) is 153 Å². The van der Waals surface area contributed by atoms with Gasteiger partial charge in [-0.15, -0.1) is 16.9 Å². The summed E-state index contributed by atoms with van der Waals surface area (Å²) >= 11 is 0.603. The van der Waals surface area contributed by atoms with Gasteiger partial charge in [0.05, 0.1) is 36.7 Å². The van der Waals surface area contributed by atoms with Gasteiger partial charge in [0.1, 0.15) is 41.1 Å². The van der Waals surface area contributed by atoms with E-state index in [1.165, 1.54) is 23.1 Å². The molecule has 3 aromatic rings. The Balaban J connectivity index is 1.32. The molecule has 47 heavy (non-hydrogen) atoms. The first-order valence-electron chi connectivity index (χ1n) is 14.5. The van der Waals surface area contributed by atoms with Crippen molar-refractivity contribution in [1.82, 2.24) is 25.2 Å². The number of likely N-dealkylation sites (tertiary alicyclic amines) is 1. The van der Waals surface area contributed by atoms with Crippen molar-refractivity contribution in [3.8, 4) is 11.3 Å². The number of amides is 2. The monoisotopic (exact) mass is 689 g/mol. The van der Waals surface area contributed by atoms with E-state index in [0.717, 1.165) is 29.8 Å². The van der Waals surface area contributed by atoms with Crippen LogP contribution in [0.5, 0.6) is 0 Å². The predicted octanol–water partition coefficient (Wildman–Crippen LogP) is 2.75. The number of urea groups is 1. The van der Waals surface area contributed by atoms with Crippen molar-refractivity contribution in [2.75, 3.05) is 19.7 Å². The number of carbonyl (C=O) groups excluding carboxylic acids is 1. The van der Waals surface area contributed by atoms with Crippen molar-refractivity contribution in [2.24, 2.45) is 0 Å². The van der Waals surface area contributed by atoms with E-state index in [0.29, 0.717) is 23.9 Å². The van der Waals surface area contributed by atoms with Crippen molar-refractivity contribution >= 4 is 17.8 Å². The molecular formula is C29H29F6N5O6S. The zero-order valence-corrected chi connectivity index (χ0v) is 25.0. The lowest BCUT2D eigenvalue weighted by Gasteiger charge is -2.52. The Hall–Kier alpha value is -3.42. The SMILES string of the molecule is O=C(NC1CC1)N1CC(O)(C(S[C@@H]2O[C@H](CO)[C@H](O)[C@H](n3cc(-c4cc(F)c(F)c(F)c4)nn3)[C@H]2O)c2ccccc2C(F)(F)F)C1. The first kappa shape index (κ1) is 33.5. The van der Waals surface area contributed by atoms with Crippen LogP contribution in [0.25, 0.3) is 11.3 Å². The maximum Gasteiger partial charge on any atom is 0.416 e. The number of ether oxygens (including phenoxy) is 1. The second-order valence-electron chi connectivity index (χ2n) is 11.8. The second kappa shape index (κ2) is 12.6. The van der Waals surface area contributed by atoms with E-state index in [-0.39, 0.29) is 36.0 Å². The van der Waals surface area contributed by atoms with Gasteiger partial charge in [-0.05, 0) is 36.6 Å². The number of carbonyl (C=O) groups is 1. The molecule has 3 heterocycles. The van der Waals surface area contributed by atoms with Crippen LogP contribution in [0.2, 0.25) is 0 Å². The summed E-state index contributed by atoms with van der Waals surface area (Å²) in [5.41, 5.74) is -5.24. The van der Waals surface area contributed by atoms with E-state index in [1.54, 1.807) is 0 Å². The van der Waals surface area contributed by atoms with Gasteiger partial charge in [0.25, 0.3) is 0 Å². The van der Waals surface area contributed by atoms with Crippen LogP contribution in [-0.2, 0) is 10.9 Å². The molecule has 2 aromatic carbocycles. The van der Waals surface area contributed by atoms with Crippen LogP contribution in [0.1, 0.15) is 35.3 Å². The number of rotatable bonds is 8. The number of β-amino-alcohol motifs (C(OH)–C–C–N with tert-alkyl or cyclic N) is 1. The normalized spacial score (nSPS) is 26.5. The van der Waals surface area contributed by atoms with Crippen LogP contribution < -0.4 is 5.32 Å². The number of halogens is 6. The molecule has 254 valence electrons. The van der Waals surface area contributed by atoms with Gasteiger partial charge in [-0.2, -0.15) is 13.2 Å². The second-order valence-corrected chi connectivity index (χ2v) is 13.0. The third-order valence-corrected chi connectivity index (χ3v) is 10.00. The third-order valence-electron chi connectivity index (χ3n) is 8.37. The summed E-state index contributed by atoms with van der Waals surface area (Å²) in [7, 11) is 0. The van der Waals surface area contributed by atoms with Crippen molar-refractivity contribution in [3.63, 3.8) is 0 Å². The Kier molecular flexibility index (Phi) is 8.94. The van der Waals surface area contributed by atoms with Gasteiger partial charge in [0.2, 0.25) is 0 Å². The molecule has 6 atom stereocenters. The van der Waals surface area contributed by atoms with Crippen LogP contribution in [0.3, 0.4) is 0 Å². The first-order valence-corrected chi connectivity index (χ1v) is 15.4. The van der Waals surface area contributed by atoms with Crippen LogP contribution in [-0.4, -0.2) is 101 Å². The molecule has 1 aromatic heterocycles. The molecule has 0 bridgehead atoms. The van der Waals surface area contributed by atoms with Gasteiger partial charge in [0.15, 0.2) is 17.5 Å². The molecule has 11 nitrogen and oxygen atoms in total. The number of nitrogens with one attached hydrogen (secondary N) is 1. The lowest BCUT2D eigenvalue weighted by molar-refractivity contribution is -0.179. The summed E-state index contributed by atoms with van der Waals surface area (Å²) in [5, 5.41) is 53.1. The molecule has 2 saturated heterocycles. The van der Waals surface area contributed by atoms with Crippen LogP contribution >= 0.6 is 11.8 Å². The zero-order chi connectivity index (χ0) is 33.8. The summed E-state index contributed by atoms with van der Waals surface area (Å²) in [6, 6.07) is 3.89. The quantitative estimate of drug-likeness (QED) is 0.178. The van der Waals surface area contributed by atoms with Crippen LogP contribution in [0.4, 0.5) is 31.1 Å². The minimum absolute atomic E-state index is 0.00436. The smallest absolute Gasteiger partial charge is 0.394 e. The van der Waals surface area contributed by atoms with Gasteiger partial charge in [0, 0.05) is 11.6 Å². The molecule has 3 aliphatic rings. The molecule has 0 spiro atoms. The lowest BCUT2D eigenvalue weighted by atomic mass is 9.84. The predicted molar refractivity (Wildman–Crippen MR) is 152 cm³/mol. The highest BCUT2D eigenvalue weighted by Gasteiger charge is 2.55. The number of hydrogen-bond donors (Lipinski definition) is 5. The zero-order valence-electron chi connectivity index (χ0n) is 24.2. The number of benzene rings is 2. The molecule has 1 unspecified atom stereocenters. The van der Waals surface area contributed by atoms with Crippen molar-refractivity contribution in [3.05, 3.63) is 71.2 Å². The Morgan fingerprint density at radius 3 is 2.38 bits per heavy atom. The molecule has 6 rings (SSSR count). The lowest BCUT2D eigenvalue weighted by Crippen LogP contribution is -2.67. The minimum atomic E-state index is -4.84. The molecule has 1 aliphatic carbocycles. The van der Waals surface area contributed by atoms with E-state index in [9.17, 15) is 51.6 Å². The van der Waals surface area contributed by atoms with E-state index < -0.39 is 82.5 Å². The van der Waals surface area contributed by atoms with Gasteiger partial charge in [-0.25, -0.2) is 22.6 Å². The molecule has 18 heteroatoms. The molecule has 1 saturated carbocycles. The van der Waals surface area contributed by atoms with Gasteiger partial charge in [-0.3, -0.25) is 0 Å². The van der Waals surface area contributed by atoms with Gasteiger partial charge in [-0.1, -0.05) is 23.4 Å². The third kappa shape index (κ3) is 6.54. The number of thioether (sulfide) groups is 1. The first-order chi connectivity index (χ1) is 22.2. The maximum atomic E-state index is 14.2. The summed E-state index contributed by atoms with van der Waals surface area (Å²) in [4.78, 5) is 13.8. The molecular weight excluding hydrogens is 660 g/mol. The largest absolute Gasteiger partial charge is 0.416 e. The average molecular weight is 690 g/mol. The Morgan fingerprint density at radius 1 is 1.11 bits per heavy atom. The Morgan fingerprint density at radius 2 is 1.77 bits per heavy atom. The van der Waals surface area contributed by atoms with E-state index in [1.807, 2.05) is 0 Å². The van der Waals surface area contributed by atoms with E-state index in [4.69, 9.17) is 4.74 Å². The number of hydrogen-bond acceptors (Lipinski definition) is 9. The molecule has 0 radical (unpaired) electrons. The molecule has 5 N–H and O–H groups in total. The van der Waals surface area contributed by atoms with Gasteiger partial charge < -0.3 is 35.4 Å². The number of aliphatic hydroxyl groups is 4. The van der Waals surface area contributed by atoms with Crippen LogP contribution in [0, 0.1) is 17.5 Å². The summed E-state index contributed by atoms with van der Waals surface area (Å²) < 4.78 is 90.5. The minimum Gasteiger partial charge on any atom is -0.394 e. The number of nitrogens with zero attached hydrogens (tertiary/aromatic N) is 4. The standard InChI is InChI=1S/C29H29F6N5O6S/c30-17-7-13(8-18(31)21(17)32)19-9-40(38-37-19)22-23(42)20(10-41)46-26(24(22)43)47-25(15-3-1-2-4-16(15)29(33,34)35)28(45)11-39(12-28)27(44)36-14-5-6-14/h1-4,7-9,14,20,22-26,41-43,45H,5-6,10-12H2,(H,36,44)/t20-,22+,23+,24-,25?,26+/m1/s1. The molecule has 3 fully saturated rings. The fourth-order valence-electron chi connectivity index (χ4n) is 5.78. The van der Waals surface area contributed by atoms with E-state index >= 15 is 0 Å². The molecule has 2 amide bonds. The Bertz CT molecular complexity index is 1610. The number of alkyl halides is 3. The maximum absolute atomic E-state index is 14.2. The van der Waals surface area contributed by atoms with Crippen molar-refractivity contribution in [2.45, 2.75) is 65.7 Å². The number of aromatic nitrogens is 3. The summed E-state index contributed by atoms with van der Waals surface area (Å²) in [6.07, 6.45) is -7.01. The van der Waals surface area contributed by atoms with Crippen LogP contribution in [0.15, 0.2) is 42.6 Å². The Labute approximate surface area is 267 Å². The van der Waals surface area contributed by atoms with Crippen molar-refractivity contribution in [1.29, 1.82) is 0 Å². The average Bonchev–Trinajstić information content (AvgIpc) is 3.69. The number of aliphatic hydroxyl groups excluding tert-OH is 3. The van der Waals surface area contributed by atoms with Gasteiger partial charge >= 0.3 is 12.2 Å². The van der Waals surface area contributed by atoms with Crippen molar-refractivity contribution < 1.29 is 56.3 Å². The van der Waals surface area contributed by atoms with E-state index in [2.05, 4.69) is 15.6 Å². The highest BCUT2D eigenvalue weighted by atomic mass is 32.2. The summed E-state index contributed by atoms with van der Waals surface area (Å²) in [5.74, 6) is -4.70.